The molecular weight excluding hydrogens is 306 g/mol. The first kappa shape index (κ1) is 16.3. The third kappa shape index (κ3) is 2.70. The average Bonchev–Trinajstić information content (AvgIpc) is 3.09. The number of piperidine rings is 1. The van der Waals surface area contributed by atoms with Crippen molar-refractivity contribution in [3.8, 4) is 5.82 Å². The quantitative estimate of drug-likeness (QED) is 0.917. The Morgan fingerprint density at radius 2 is 1.92 bits per heavy atom. The molecule has 2 aromatic heterocycles. The molecule has 1 aliphatic rings. The molecule has 1 saturated heterocycles. The fourth-order valence-electron chi connectivity index (χ4n) is 3.41. The van der Waals surface area contributed by atoms with Gasteiger partial charge in [0.15, 0.2) is 0 Å². The fraction of sp³-hybridized carbons (Fsp3) is 0.471. The first-order valence-corrected chi connectivity index (χ1v) is 8.16. The number of rotatable bonds is 3. The van der Waals surface area contributed by atoms with E-state index in [1.807, 2.05) is 37.6 Å². The molecule has 0 aliphatic carbocycles. The zero-order valence-corrected chi connectivity index (χ0v) is 14.3. The van der Waals surface area contributed by atoms with Gasteiger partial charge >= 0.3 is 0 Å². The van der Waals surface area contributed by atoms with Crippen LogP contribution in [0, 0.1) is 19.8 Å². The normalized spacial score (nSPS) is 18.0. The Hall–Kier alpha value is -2.57. The minimum absolute atomic E-state index is 0.100. The predicted molar refractivity (Wildman–Crippen MR) is 89.8 cm³/mol. The maximum atomic E-state index is 13.0. The molecule has 0 radical (unpaired) electrons. The number of aryl methyl sites for hydroxylation is 3. The smallest absolute Gasteiger partial charge is 0.259 e. The first-order chi connectivity index (χ1) is 11.4. The van der Waals surface area contributed by atoms with Gasteiger partial charge in [0.2, 0.25) is 5.91 Å². The Kier molecular flexibility index (Phi) is 4.17. The van der Waals surface area contributed by atoms with Gasteiger partial charge in [-0.25, -0.2) is 0 Å². The van der Waals surface area contributed by atoms with E-state index in [9.17, 15) is 9.59 Å². The van der Waals surface area contributed by atoms with Crippen LogP contribution >= 0.6 is 0 Å². The third-order valence-electron chi connectivity index (χ3n) is 4.73. The maximum absolute atomic E-state index is 13.0. The first-order valence-electron chi connectivity index (χ1n) is 8.16. The summed E-state index contributed by atoms with van der Waals surface area (Å²) in [5, 5.41) is 4.28. The number of hydrogen-bond donors (Lipinski definition) is 1. The number of likely N-dealkylation sites (tertiary alicyclic amines) is 1. The van der Waals surface area contributed by atoms with Crippen molar-refractivity contribution < 1.29 is 9.59 Å². The molecule has 7 nitrogen and oxygen atoms in total. The maximum Gasteiger partial charge on any atom is 0.259 e. The highest BCUT2D eigenvalue weighted by molar-refractivity contribution is 5.97. The molecule has 1 unspecified atom stereocenters. The van der Waals surface area contributed by atoms with E-state index < -0.39 is 0 Å². The molecule has 7 heteroatoms. The van der Waals surface area contributed by atoms with E-state index >= 15 is 0 Å². The zero-order chi connectivity index (χ0) is 17.4. The summed E-state index contributed by atoms with van der Waals surface area (Å²) in [5.74, 6) is 0.0478. The molecule has 24 heavy (non-hydrogen) atoms. The summed E-state index contributed by atoms with van der Waals surface area (Å²) in [6.07, 6.45) is 3.13. The van der Waals surface area contributed by atoms with Crippen LogP contribution in [-0.4, -0.2) is 44.2 Å². The van der Waals surface area contributed by atoms with Crippen LogP contribution in [0.25, 0.3) is 5.82 Å². The van der Waals surface area contributed by atoms with Gasteiger partial charge in [-0.15, -0.1) is 0 Å². The zero-order valence-electron chi connectivity index (χ0n) is 14.3. The number of amides is 2. The van der Waals surface area contributed by atoms with Crippen molar-refractivity contribution in [1.82, 2.24) is 19.2 Å². The van der Waals surface area contributed by atoms with Gasteiger partial charge < -0.3 is 15.2 Å². The highest BCUT2D eigenvalue weighted by Gasteiger charge is 2.30. The van der Waals surface area contributed by atoms with Crippen molar-refractivity contribution in [1.29, 1.82) is 0 Å². The molecule has 3 rings (SSSR count). The van der Waals surface area contributed by atoms with Gasteiger partial charge in [0, 0.05) is 31.5 Å². The van der Waals surface area contributed by atoms with Gasteiger partial charge in [0.25, 0.3) is 5.91 Å². The lowest BCUT2D eigenvalue weighted by Crippen LogP contribution is -2.44. The minimum Gasteiger partial charge on any atom is -0.369 e. The Morgan fingerprint density at radius 1 is 1.25 bits per heavy atom. The molecule has 1 atom stereocenters. The summed E-state index contributed by atoms with van der Waals surface area (Å²) in [6, 6.07) is 4.03. The van der Waals surface area contributed by atoms with Crippen LogP contribution in [0.5, 0.6) is 0 Å². The molecule has 0 saturated carbocycles. The van der Waals surface area contributed by atoms with E-state index in [1.54, 1.807) is 15.8 Å². The van der Waals surface area contributed by atoms with Crippen molar-refractivity contribution in [2.45, 2.75) is 26.7 Å². The lowest BCUT2D eigenvalue weighted by atomic mass is 9.97. The number of primary amides is 1. The molecule has 128 valence electrons. The van der Waals surface area contributed by atoms with Crippen LogP contribution in [-0.2, 0) is 11.8 Å². The van der Waals surface area contributed by atoms with Crippen LogP contribution in [0.4, 0.5) is 0 Å². The summed E-state index contributed by atoms with van der Waals surface area (Å²) < 4.78 is 3.73. The molecular formula is C17H23N5O2. The summed E-state index contributed by atoms with van der Waals surface area (Å²) >= 11 is 0. The van der Waals surface area contributed by atoms with Gasteiger partial charge in [-0.05, 0) is 38.8 Å². The van der Waals surface area contributed by atoms with Gasteiger partial charge in [0.05, 0.1) is 12.1 Å². The van der Waals surface area contributed by atoms with Crippen molar-refractivity contribution in [3.63, 3.8) is 0 Å². The third-order valence-corrected chi connectivity index (χ3v) is 4.73. The summed E-state index contributed by atoms with van der Waals surface area (Å²) in [7, 11) is 1.83. The summed E-state index contributed by atoms with van der Waals surface area (Å²) in [4.78, 5) is 26.2. The molecule has 1 aliphatic heterocycles. The molecule has 2 N–H and O–H groups in total. The topological polar surface area (TPSA) is 86.2 Å². The van der Waals surface area contributed by atoms with E-state index in [2.05, 4.69) is 5.10 Å². The highest BCUT2D eigenvalue weighted by atomic mass is 16.2. The molecule has 0 aromatic carbocycles. The molecule has 1 fully saturated rings. The number of aromatic nitrogens is 3. The monoisotopic (exact) mass is 329 g/mol. The van der Waals surface area contributed by atoms with E-state index in [4.69, 9.17) is 5.73 Å². The van der Waals surface area contributed by atoms with E-state index in [0.29, 0.717) is 18.7 Å². The van der Waals surface area contributed by atoms with Crippen molar-refractivity contribution in [2.24, 2.45) is 18.7 Å². The van der Waals surface area contributed by atoms with Gasteiger partial charge in [-0.3, -0.25) is 14.3 Å². The van der Waals surface area contributed by atoms with Crippen LogP contribution in [0.2, 0.25) is 0 Å². The van der Waals surface area contributed by atoms with Crippen LogP contribution < -0.4 is 5.73 Å². The van der Waals surface area contributed by atoms with Crippen LogP contribution in [0.15, 0.2) is 18.3 Å². The second-order valence-electron chi connectivity index (χ2n) is 6.45. The predicted octanol–water partition coefficient (Wildman–Crippen LogP) is 1.17. The number of nitrogens with zero attached hydrogens (tertiary/aromatic N) is 4. The lowest BCUT2D eigenvalue weighted by molar-refractivity contribution is -0.123. The average molecular weight is 329 g/mol. The van der Waals surface area contributed by atoms with Crippen molar-refractivity contribution >= 4 is 11.8 Å². The molecule has 0 spiro atoms. The number of carbonyl (C=O) groups is 2. The lowest BCUT2D eigenvalue weighted by Gasteiger charge is -2.31. The van der Waals surface area contributed by atoms with Crippen LogP contribution in [0.3, 0.4) is 0 Å². The van der Waals surface area contributed by atoms with Gasteiger partial charge in [-0.1, -0.05) is 0 Å². The summed E-state index contributed by atoms with van der Waals surface area (Å²) in [6.45, 7) is 5.02. The second kappa shape index (κ2) is 6.14. The van der Waals surface area contributed by atoms with Gasteiger partial charge in [0.1, 0.15) is 11.4 Å². The Bertz CT molecular complexity index is 770. The number of nitrogens with two attached hydrogens (primary N) is 1. The molecule has 3 heterocycles. The number of hydrogen-bond acceptors (Lipinski definition) is 3. The van der Waals surface area contributed by atoms with Crippen molar-refractivity contribution in [2.75, 3.05) is 13.1 Å². The minimum atomic E-state index is -0.337. The summed E-state index contributed by atoms with van der Waals surface area (Å²) in [5.41, 5.74) is 8.05. The Labute approximate surface area is 141 Å². The largest absolute Gasteiger partial charge is 0.369 e. The fourth-order valence-corrected chi connectivity index (χ4v) is 3.41. The van der Waals surface area contributed by atoms with E-state index in [1.165, 1.54) is 0 Å². The molecule has 2 amide bonds. The van der Waals surface area contributed by atoms with Gasteiger partial charge in [-0.2, -0.15) is 5.10 Å². The van der Waals surface area contributed by atoms with E-state index in [-0.39, 0.29) is 17.7 Å². The molecule has 0 bridgehead atoms. The van der Waals surface area contributed by atoms with Crippen LogP contribution in [0.1, 0.15) is 34.6 Å². The second-order valence-corrected chi connectivity index (χ2v) is 6.45. The standard InChI is InChI=1S/C17H23N5O2/c1-11-6-7-12(2)22(11)16-14(9-19-20(16)3)17(24)21-8-4-5-13(10-21)15(18)23/h6-7,9,13H,4-5,8,10H2,1-3H3,(H2,18,23). The highest BCUT2D eigenvalue weighted by Crippen LogP contribution is 2.24. The Morgan fingerprint density at radius 3 is 2.54 bits per heavy atom. The SMILES string of the molecule is Cc1ccc(C)n1-c1c(C(=O)N2CCCC(C(N)=O)C2)cnn1C. The van der Waals surface area contributed by atoms with E-state index in [0.717, 1.165) is 30.0 Å². The number of carbonyl (C=O) groups excluding carboxylic acids is 2. The Balaban J connectivity index is 1.96. The van der Waals surface area contributed by atoms with Crippen molar-refractivity contribution in [3.05, 3.63) is 35.3 Å². The molecule has 2 aromatic rings.